The Labute approximate surface area is 117 Å². The fourth-order valence-electron chi connectivity index (χ4n) is 1.46. The molecule has 2 rings (SSSR count). The number of aromatic nitrogens is 4. The van der Waals surface area contributed by atoms with Gasteiger partial charge in [-0.1, -0.05) is 10.3 Å². The zero-order valence-corrected chi connectivity index (χ0v) is 12.2. The number of nitrogens with zero attached hydrogens (tertiary/aromatic N) is 4. The summed E-state index contributed by atoms with van der Waals surface area (Å²) < 4.78 is 10.3. The normalized spacial score (nSPS) is 11.8. The molecular weight excluding hydrogens is 260 g/mol. The zero-order valence-electron chi connectivity index (χ0n) is 12.2. The predicted octanol–water partition coefficient (Wildman–Crippen LogP) is 1.30. The third-order valence-electron chi connectivity index (χ3n) is 2.43. The molecule has 0 aliphatic heterocycles. The van der Waals surface area contributed by atoms with Crippen molar-refractivity contribution < 1.29 is 8.94 Å². The summed E-state index contributed by atoms with van der Waals surface area (Å²) in [7, 11) is 0. The van der Waals surface area contributed by atoms with Gasteiger partial charge >= 0.3 is 6.01 Å². The molecule has 0 spiro atoms. The van der Waals surface area contributed by atoms with Crippen LogP contribution >= 0.6 is 0 Å². The molecule has 0 amide bonds. The van der Waals surface area contributed by atoms with Crippen LogP contribution in [0, 0.1) is 6.92 Å². The van der Waals surface area contributed by atoms with Gasteiger partial charge in [0.25, 0.3) is 0 Å². The van der Waals surface area contributed by atoms with Crippen LogP contribution in [-0.4, -0.2) is 32.4 Å². The summed E-state index contributed by atoms with van der Waals surface area (Å²) in [6.45, 7) is 9.15. The van der Waals surface area contributed by atoms with E-state index in [4.69, 9.17) is 8.94 Å². The number of rotatable bonds is 6. The Morgan fingerprint density at radius 3 is 2.65 bits per heavy atom. The van der Waals surface area contributed by atoms with Crippen LogP contribution in [0.4, 0.5) is 6.01 Å². The molecule has 0 aliphatic rings. The molecule has 8 nitrogen and oxygen atoms in total. The number of hydrogen-bond acceptors (Lipinski definition) is 8. The Bertz CT molecular complexity index is 542. The van der Waals surface area contributed by atoms with Gasteiger partial charge in [0.1, 0.15) is 0 Å². The van der Waals surface area contributed by atoms with E-state index in [9.17, 15) is 0 Å². The first-order chi connectivity index (χ1) is 9.42. The summed E-state index contributed by atoms with van der Waals surface area (Å²) in [6, 6.07) is 0.399. The van der Waals surface area contributed by atoms with Gasteiger partial charge in [-0.2, -0.15) is 4.98 Å². The molecule has 2 heterocycles. The van der Waals surface area contributed by atoms with Crippen molar-refractivity contribution in [3.8, 4) is 0 Å². The molecular formula is C12H20N6O2. The van der Waals surface area contributed by atoms with Crippen LogP contribution in [0.25, 0.3) is 0 Å². The van der Waals surface area contributed by atoms with Crippen molar-refractivity contribution in [2.45, 2.75) is 46.2 Å². The minimum absolute atomic E-state index is 0.0124. The second-order valence-corrected chi connectivity index (χ2v) is 5.51. The molecule has 0 fully saturated rings. The average Bonchev–Trinajstić information content (AvgIpc) is 2.95. The Morgan fingerprint density at radius 2 is 2.00 bits per heavy atom. The monoisotopic (exact) mass is 280 g/mol. The summed E-state index contributed by atoms with van der Waals surface area (Å²) in [5, 5.41) is 18.0. The summed E-state index contributed by atoms with van der Waals surface area (Å²) >= 11 is 0. The van der Waals surface area contributed by atoms with Gasteiger partial charge in [0.2, 0.25) is 11.8 Å². The van der Waals surface area contributed by atoms with E-state index in [1.165, 1.54) is 0 Å². The highest BCUT2D eigenvalue weighted by molar-refractivity contribution is 5.17. The Morgan fingerprint density at radius 1 is 1.20 bits per heavy atom. The standard InChI is InChI=1S/C12H20N6O2/c1-8-15-9(18-20-8)5-6-13-11-17-16-10(19-11)7-14-12(2,3)4/h14H,5-7H2,1-4H3,(H,13,17). The van der Waals surface area contributed by atoms with E-state index in [2.05, 4.69) is 51.7 Å². The topological polar surface area (TPSA) is 102 Å². The SMILES string of the molecule is Cc1nc(CCNc2nnc(CNC(C)(C)C)o2)no1. The van der Waals surface area contributed by atoms with Crippen LogP contribution in [-0.2, 0) is 13.0 Å². The van der Waals surface area contributed by atoms with Crippen molar-refractivity contribution in [3.05, 3.63) is 17.6 Å². The number of anilines is 1. The van der Waals surface area contributed by atoms with E-state index in [1.807, 2.05) is 0 Å². The van der Waals surface area contributed by atoms with Gasteiger partial charge < -0.3 is 19.6 Å². The van der Waals surface area contributed by atoms with E-state index in [-0.39, 0.29) is 5.54 Å². The van der Waals surface area contributed by atoms with E-state index < -0.39 is 0 Å². The molecule has 0 bridgehead atoms. The number of hydrogen-bond donors (Lipinski definition) is 2. The van der Waals surface area contributed by atoms with Crippen LogP contribution in [0.1, 0.15) is 38.4 Å². The molecule has 0 aromatic carbocycles. The Hall–Kier alpha value is -1.96. The van der Waals surface area contributed by atoms with Crippen LogP contribution in [0.3, 0.4) is 0 Å². The maximum atomic E-state index is 5.46. The second kappa shape index (κ2) is 6.00. The molecule has 0 radical (unpaired) electrons. The lowest BCUT2D eigenvalue weighted by Gasteiger charge is -2.18. The van der Waals surface area contributed by atoms with Gasteiger partial charge in [0.05, 0.1) is 6.54 Å². The van der Waals surface area contributed by atoms with Crippen LogP contribution in [0.15, 0.2) is 8.94 Å². The second-order valence-electron chi connectivity index (χ2n) is 5.51. The first-order valence-corrected chi connectivity index (χ1v) is 6.53. The minimum Gasteiger partial charge on any atom is -0.407 e. The van der Waals surface area contributed by atoms with Crippen molar-refractivity contribution >= 4 is 6.01 Å². The number of aryl methyl sites for hydroxylation is 1. The molecule has 2 N–H and O–H groups in total. The molecule has 0 atom stereocenters. The van der Waals surface area contributed by atoms with E-state index >= 15 is 0 Å². The fraction of sp³-hybridized carbons (Fsp3) is 0.667. The van der Waals surface area contributed by atoms with E-state index in [0.717, 1.165) is 0 Å². The average molecular weight is 280 g/mol. The van der Waals surface area contributed by atoms with Crippen molar-refractivity contribution in [1.82, 2.24) is 25.7 Å². The first-order valence-electron chi connectivity index (χ1n) is 6.53. The lowest BCUT2D eigenvalue weighted by molar-refractivity contribution is 0.383. The summed E-state index contributed by atoms with van der Waals surface area (Å²) in [5.74, 6) is 1.77. The molecule has 20 heavy (non-hydrogen) atoms. The highest BCUT2D eigenvalue weighted by atomic mass is 16.5. The van der Waals surface area contributed by atoms with Crippen LogP contribution < -0.4 is 10.6 Å². The van der Waals surface area contributed by atoms with Gasteiger partial charge in [0.15, 0.2) is 5.82 Å². The van der Waals surface area contributed by atoms with Crippen LogP contribution in [0.2, 0.25) is 0 Å². The zero-order chi connectivity index (χ0) is 14.6. The van der Waals surface area contributed by atoms with Crippen molar-refractivity contribution in [1.29, 1.82) is 0 Å². The molecule has 0 unspecified atom stereocenters. The highest BCUT2D eigenvalue weighted by Gasteiger charge is 2.12. The van der Waals surface area contributed by atoms with E-state index in [0.29, 0.717) is 43.1 Å². The van der Waals surface area contributed by atoms with Crippen molar-refractivity contribution in [2.24, 2.45) is 0 Å². The smallest absolute Gasteiger partial charge is 0.315 e. The molecule has 8 heteroatoms. The molecule has 2 aromatic heterocycles. The Balaban J connectivity index is 1.75. The van der Waals surface area contributed by atoms with Crippen molar-refractivity contribution in [2.75, 3.05) is 11.9 Å². The quantitative estimate of drug-likeness (QED) is 0.816. The largest absolute Gasteiger partial charge is 0.407 e. The molecule has 0 saturated heterocycles. The highest BCUT2D eigenvalue weighted by Crippen LogP contribution is 2.07. The molecule has 2 aromatic rings. The van der Waals surface area contributed by atoms with Gasteiger partial charge in [-0.25, -0.2) is 0 Å². The Kier molecular flexibility index (Phi) is 4.33. The minimum atomic E-state index is 0.0124. The fourth-order valence-corrected chi connectivity index (χ4v) is 1.46. The van der Waals surface area contributed by atoms with Crippen molar-refractivity contribution in [3.63, 3.8) is 0 Å². The molecule has 110 valence electrons. The lowest BCUT2D eigenvalue weighted by Crippen LogP contribution is -2.35. The summed E-state index contributed by atoms with van der Waals surface area (Å²) in [4.78, 5) is 4.11. The first kappa shape index (κ1) is 14.4. The third-order valence-corrected chi connectivity index (χ3v) is 2.43. The maximum absolute atomic E-state index is 5.46. The molecule has 0 aliphatic carbocycles. The van der Waals surface area contributed by atoms with E-state index in [1.54, 1.807) is 6.92 Å². The summed E-state index contributed by atoms with van der Waals surface area (Å²) in [6.07, 6.45) is 0.634. The van der Waals surface area contributed by atoms with Crippen LogP contribution in [0.5, 0.6) is 0 Å². The molecule has 0 saturated carbocycles. The van der Waals surface area contributed by atoms with Gasteiger partial charge in [-0.15, -0.1) is 5.10 Å². The van der Waals surface area contributed by atoms with Gasteiger partial charge in [-0.05, 0) is 20.8 Å². The van der Waals surface area contributed by atoms with Gasteiger partial charge in [-0.3, -0.25) is 0 Å². The third kappa shape index (κ3) is 4.61. The summed E-state index contributed by atoms with van der Waals surface area (Å²) in [5.41, 5.74) is 0.0124. The van der Waals surface area contributed by atoms with Gasteiger partial charge in [0, 0.05) is 25.4 Å². The maximum Gasteiger partial charge on any atom is 0.315 e. The lowest BCUT2D eigenvalue weighted by atomic mass is 10.1. The number of nitrogens with one attached hydrogen (secondary N) is 2. The predicted molar refractivity (Wildman–Crippen MR) is 72.1 cm³/mol.